The van der Waals surface area contributed by atoms with E-state index in [4.69, 9.17) is 15.2 Å². The van der Waals surface area contributed by atoms with Crippen LogP contribution in [0.4, 0.5) is 0 Å². The molecule has 0 spiro atoms. The molecular formula is C19H23N3O4. The number of likely N-dealkylation sites (tertiary alicyclic amines) is 2. The van der Waals surface area contributed by atoms with Gasteiger partial charge in [-0.15, -0.1) is 0 Å². The molecule has 3 heterocycles. The number of carbonyl (C=O) groups is 2. The Morgan fingerprint density at radius 2 is 1.85 bits per heavy atom. The third-order valence-corrected chi connectivity index (χ3v) is 5.44. The maximum absolute atomic E-state index is 12.3. The Hall–Kier alpha value is -2.54. The number of ether oxygens (including phenoxy) is 2. The normalized spacial score (nSPS) is 21.2. The summed E-state index contributed by atoms with van der Waals surface area (Å²) in [6.45, 7) is 3.49. The molecule has 3 aliphatic heterocycles. The molecule has 26 heavy (non-hydrogen) atoms. The number of carbonyl (C=O) groups excluding carboxylic acids is 2. The summed E-state index contributed by atoms with van der Waals surface area (Å²) < 4.78 is 10.6. The predicted molar refractivity (Wildman–Crippen MR) is 95.5 cm³/mol. The zero-order chi connectivity index (χ0) is 18.1. The summed E-state index contributed by atoms with van der Waals surface area (Å²) in [6, 6.07) is 6.02. The van der Waals surface area contributed by atoms with E-state index in [0.29, 0.717) is 11.8 Å². The van der Waals surface area contributed by atoms with Crippen LogP contribution >= 0.6 is 0 Å². The van der Waals surface area contributed by atoms with E-state index in [1.165, 1.54) is 0 Å². The molecule has 7 nitrogen and oxygen atoms in total. The Bertz CT molecular complexity index is 734. The van der Waals surface area contributed by atoms with Gasteiger partial charge in [-0.05, 0) is 49.7 Å². The van der Waals surface area contributed by atoms with E-state index in [-0.39, 0.29) is 24.5 Å². The van der Waals surface area contributed by atoms with Gasteiger partial charge in [-0.1, -0.05) is 6.07 Å². The van der Waals surface area contributed by atoms with E-state index in [9.17, 15) is 9.59 Å². The number of benzene rings is 1. The van der Waals surface area contributed by atoms with E-state index in [2.05, 4.69) is 4.90 Å². The van der Waals surface area contributed by atoms with Crippen molar-refractivity contribution in [2.45, 2.75) is 18.9 Å². The summed E-state index contributed by atoms with van der Waals surface area (Å²) in [6.07, 6.45) is 5.05. The van der Waals surface area contributed by atoms with E-state index < -0.39 is 0 Å². The third kappa shape index (κ3) is 3.39. The Morgan fingerprint density at radius 3 is 2.58 bits per heavy atom. The first kappa shape index (κ1) is 16.9. The fourth-order valence-corrected chi connectivity index (χ4v) is 3.71. The molecule has 0 radical (unpaired) electrons. The number of hydrogen-bond donors (Lipinski definition) is 1. The van der Waals surface area contributed by atoms with Crippen molar-refractivity contribution in [2.75, 3.05) is 33.0 Å². The van der Waals surface area contributed by atoms with E-state index >= 15 is 0 Å². The standard InChI is InChI=1S/C19H23N3O4/c20-19(24)14-5-7-21(8-6-14)15-10-22(11-15)18(23)4-2-13-1-3-16-17(9-13)26-12-25-16/h1-4,9,14-15H,5-8,10-12H2,(H2,20,24)/b4-2+. The molecule has 138 valence electrons. The van der Waals surface area contributed by atoms with Gasteiger partial charge in [0.2, 0.25) is 18.6 Å². The number of piperidine rings is 1. The second-order valence-corrected chi connectivity index (χ2v) is 7.06. The van der Waals surface area contributed by atoms with Gasteiger partial charge in [-0.3, -0.25) is 14.5 Å². The van der Waals surface area contributed by atoms with Crippen molar-refractivity contribution in [2.24, 2.45) is 11.7 Å². The van der Waals surface area contributed by atoms with Crippen LogP contribution in [0.2, 0.25) is 0 Å². The second kappa shape index (κ2) is 6.99. The number of nitrogens with zero attached hydrogens (tertiary/aromatic N) is 2. The van der Waals surface area contributed by atoms with E-state index in [1.54, 1.807) is 12.2 Å². The molecule has 7 heteroatoms. The molecule has 0 saturated carbocycles. The molecule has 2 saturated heterocycles. The summed E-state index contributed by atoms with van der Waals surface area (Å²) in [5.74, 6) is 1.28. The molecule has 2 amide bonds. The molecule has 2 fully saturated rings. The molecule has 0 bridgehead atoms. The molecule has 0 unspecified atom stereocenters. The van der Waals surface area contributed by atoms with Gasteiger partial charge < -0.3 is 20.1 Å². The summed E-state index contributed by atoms with van der Waals surface area (Å²) in [5.41, 5.74) is 6.29. The first-order chi connectivity index (χ1) is 12.6. The Morgan fingerprint density at radius 1 is 1.12 bits per heavy atom. The minimum atomic E-state index is -0.191. The highest BCUT2D eigenvalue weighted by molar-refractivity contribution is 5.92. The van der Waals surface area contributed by atoms with Crippen LogP contribution in [0.3, 0.4) is 0 Å². The molecule has 0 aliphatic carbocycles. The van der Waals surface area contributed by atoms with Crippen LogP contribution in [-0.4, -0.2) is 60.6 Å². The van der Waals surface area contributed by atoms with Crippen molar-refractivity contribution in [3.63, 3.8) is 0 Å². The second-order valence-electron chi connectivity index (χ2n) is 7.06. The lowest BCUT2D eigenvalue weighted by Crippen LogP contribution is -2.62. The number of amides is 2. The molecule has 4 rings (SSSR count). The van der Waals surface area contributed by atoms with Gasteiger partial charge in [0.1, 0.15) is 0 Å². The van der Waals surface area contributed by atoms with E-state index in [1.807, 2.05) is 23.1 Å². The van der Waals surface area contributed by atoms with Gasteiger partial charge in [0.15, 0.2) is 11.5 Å². The number of fused-ring (bicyclic) bond motifs is 1. The first-order valence-corrected chi connectivity index (χ1v) is 9.00. The smallest absolute Gasteiger partial charge is 0.246 e. The van der Waals surface area contributed by atoms with Crippen LogP contribution < -0.4 is 15.2 Å². The Balaban J connectivity index is 1.25. The summed E-state index contributed by atoms with van der Waals surface area (Å²) in [4.78, 5) is 27.7. The highest BCUT2D eigenvalue weighted by Crippen LogP contribution is 2.32. The van der Waals surface area contributed by atoms with Crippen LogP contribution in [0.5, 0.6) is 11.5 Å². The van der Waals surface area contributed by atoms with Crippen molar-refractivity contribution in [3.8, 4) is 11.5 Å². The minimum Gasteiger partial charge on any atom is -0.454 e. The average Bonchev–Trinajstić information content (AvgIpc) is 3.07. The Labute approximate surface area is 152 Å². The summed E-state index contributed by atoms with van der Waals surface area (Å²) in [5, 5.41) is 0. The minimum absolute atomic E-state index is 0.00805. The van der Waals surface area contributed by atoms with Crippen LogP contribution in [-0.2, 0) is 9.59 Å². The lowest BCUT2D eigenvalue weighted by atomic mass is 9.94. The maximum Gasteiger partial charge on any atom is 0.246 e. The fourth-order valence-electron chi connectivity index (χ4n) is 3.71. The number of primary amides is 1. The summed E-state index contributed by atoms with van der Waals surface area (Å²) >= 11 is 0. The summed E-state index contributed by atoms with van der Waals surface area (Å²) in [7, 11) is 0. The van der Waals surface area contributed by atoms with Crippen LogP contribution in [0, 0.1) is 5.92 Å². The largest absolute Gasteiger partial charge is 0.454 e. The first-order valence-electron chi connectivity index (χ1n) is 9.00. The average molecular weight is 357 g/mol. The Kier molecular flexibility index (Phi) is 4.55. The monoisotopic (exact) mass is 357 g/mol. The molecule has 0 atom stereocenters. The van der Waals surface area contributed by atoms with Crippen LogP contribution in [0.15, 0.2) is 24.3 Å². The zero-order valence-electron chi connectivity index (χ0n) is 14.6. The molecular weight excluding hydrogens is 334 g/mol. The highest BCUT2D eigenvalue weighted by Gasteiger charge is 2.36. The lowest BCUT2D eigenvalue weighted by Gasteiger charge is -2.47. The predicted octanol–water partition coefficient (Wildman–Crippen LogP) is 0.837. The van der Waals surface area contributed by atoms with Gasteiger partial charge in [0.05, 0.1) is 0 Å². The van der Waals surface area contributed by atoms with Crippen molar-refractivity contribution in [1.82, 2.24) is 9.80 Å². The zero-order valence-corrected chi connectivity index (χ0v) is 14.6. The topological polar surface area (TPSA) is 85.1 Å². The lowest BCUT2D eigenvalue weighted by molar-refractivity contribution is -0.133. The molecule has 2 N–H and O–H groups in total. The van der Waals surface area contributed by atoms with Crippen LogP contribution in [0.1, 0.15) is 18.4 Å². The molecule has 1 aromatic carbocycles. The number of hydrogen-bond acceptors (Lipinski definition) is 5. The van der Waals surface area contributed by atoms with Crippen molar-refractivity contribution in [1.29, 1.82) is 0 Å². The third-order valence-electron chi connectivity index (χ3n) is 5.44. The van der Waals surface area contributed by atoms with Crippen molar-refractivity contribution < 1.29 is 19.1 Å². The fraction of sp³-hybridized carbons (Fsp3) is 0.474. The molecule has 3 aliphatic rings. The molecule has 0 aromatic heterocycles. The van der Waals surface area contributed by atoms with Gasteiger partial charge in [0.25, 0.3) is 0 Å². The number of rotatable bonds is 4. The van der Waals surface area contributed by atoms with Crippen molar-refractivity contribution >= 4 is 17.9 Å². The van der Waals surface area contributed by atoms with Gasteiger partial charge in [-0.2, -0.15) is 0 Å². The maximum atomic E-state index is 12.3. The van der Waals surface area contributed by atoms with Gasteiger partial charge >= 0.3 is 0 Å². The van der Waals surface area contributed by atoms with Crippen LogP contribution in [0.25, 0.3) is 6.08 Å². The van der Waals surface area contributed by atoms with E-state index in [0.717, 1.165) is 50.3 Å². The number of nitrogens with two attached hydrogens (primary N) is 1. The SMILES string of the molecule is NC(=O)C1CCN(C2CN(C(=O)/C=C/c3ccc4c(c3)OCO4)C2)CC1. The van der Waals surface area contributed by atoms with Gasteiger partial charge in [0, 0.05) is 31.1 Å². The highest BCUT2D eigenvalue weighted by atomic mass is 16.7. The van der Waals surface area contributed by atoms with Crippen molar-refractivity contribution in [3.05, 3.63) is 29.8 Å². The van der Waals surface area contributed by atoms with Gasteiger partial charge in [-0.25, -0.2) is 0 Å². The quantitative estimate of drug-likeness (QED) is 0.807. The molecule has 1 aromatic rings.